The molecule has 1 aliphatic carbocycles. The van der Waals surface area contributed by atoms with Gasteiger partial charge in [0.25, 0.3) is 5.88 Å². The number of pyridine rings is 2. The van der Waals surface area contributed by atoms with Gasteiger partial charge in [-0.15, -0.1) is 0 Å². The number of hydrogen-bond acceptors (Lipinski definition) is 7. The first-order valence-electron chi connectivity index (χ1n) is 13.8. The van der Waals surface area contributed by atoms with Gasteiger partial charge >= 0.3 is 5.97 Å². The van der Waals surface area contributed by atoms with Gasteiger partial charge in [-0.2, -0.15) is 5.26 Å². The Morgan fingerprint density at radius 1 is 1.12 bits per heavy atom. The number of benzene rings is 1. The van der Waals surface area contributed by atoms with E-state index in [0.29, 0.717) is 42.3 Å². The Bertz CT molecular complexity index is 1740. The Balaban J connectivity index is 1.16. The first-order chi connectivity index (χ1) is 20.4. The van der Waals surface area contributed by atoms with Crippen LogP contribution in [0.2, 0.25) is 0 Å². The van der Waals surface area contributed by atoms with Crippen molar-refractivity contribution in [2.45, 2.75) is 51.4 Å². The molecule has 1 aliphatic heterocycles. The second-order valence-electron chi connectivity index (χ2n) is 10.5. The van der Waals surface area contributed by atoms with Gasteiger partial charge in [0.1, 0.15) is 23.8 Å². The van der Waals surface area contributed by atoms with E-state index in [1.54, 1.807) is 12.1 Å². The lowest BCUT2D eigenvalue weighted by molar-refractivity contribution is -0.0591. The van der Waals surface area contributed by atoms with Crippen LogP contribution in [0.1, 0.15) is 58.8 Å². The molecule has 2 aliphatic rings. The Morgan fingerprint density at radius 2 is 1.98 bits per heavy atom. The first kappa shape index (κ1) is 27.5. The van der Waals surface area contributed by atoms with Gasteiger partial charge < -0.3 is 19.1 Å². The number of imidazole rings is 1. The molecule has 4 heterocycles. The Morgan fingerprint density at radius 3 is 2.67 bits per heavy atom. The highest BCUT2D eigenvalue weighted by atomic mass is 19.1. The topological polar surface area (TPSA) is 123 Å². The summed E-state index contributed by atoms with van der Waals surface area (Å²) in [6, 6.07) is 12.0. The minimum atomic E-state index is -1.08. The van der Waals surface area contributed by atoms with Crippen LogP contribution in [0.15, 0.2) is 48.5 Å². The number of nitrogens with zero attached hydrogens (tertiary/aromatic N) is 5. The van der Waals surface area contributed by atoms with Gasteiger partial charge in [0.05, 0.1) is 30.0 Å². The number of carboxylic acids is 1. The Hall–Kier alpha value is -4.69. The minimum absolute atomic E-state index is 0.0212. The molecule has 0 amide bonds. The van der Waals surface area contributed by atoms with E-state index < -0.39 is 17.6 Å². The highest BCUT2D eigenvalue weighted by Crippen LogP contribution is 2.33. The maximum absolute atomic E-state index is 14.5. The van der Waals surface area contributed by atoms with E-state index in [2.05, 4.69) is 16.0 Å². The van der Waals surface area contributed by atoms with Crippen LogP contribution in [0.3, 0.4) is 0 Å². The number of nitriles is 1. The van der Waals surface area contributed by atoms with Crippen LogP contribution in [0.4, 0.5) is 8.78 Å². The van der Waals surface area contributed by atoms with Crippen LogP contribution in [-0.2, 0) is 24.3 Å². The van der Waals surface area contributed by atoms with E-state index in [1.165, 1.54) is 24.3 Å². The maximum Gasteiger partial charge on any atom is 0.354 e. The third kappa shape index (κ3) is 5.71. The summed E-state index contributed by atoms with van der Waals surface area (Å²) < 4.78 is 41.9. The second-order valence-corrected chi connectivity index (χ2v) is 10.5. The van der Waals surface area contributed by atoms with Crippen molar-refractivity contribution in [2.24, 2.45) is 5.92 Å². The van der Waals surface area contributed by atoms with Gasteiger partial charge in [-0.1, -0.05) is 12.1 Å². The fourth-order valence-electron chi connectivity index (χ4n) is 5.30. The number of carbonyl (C=O) groups is 1. The smallest absolute Gasteiger partial charge is 0.354 e. The average molecular weight is 572 g/mol. The molecule has 3 aromatic heterocycles. The molecule has 1 unspecified atom stereocenters. The predicted molar refractivity (Wildman–Crippen MR) is 148 cm³/mol. The van der Waals surface area contributed by atoms with Crippen molar-refractivity contribution < 1.29 is 28.2 Å². The molecule has 0 radical (unpaired) electrons. The molecule has 2 atom stereocenters. The van der Waals surface area contributed by atoms with Crippen LogP contribution >= 0.6 is 0 Å². The van der Waals surface area contributed by atoms with Gasteiger partial charge in [-0.3, -0.25) is 0 Å². The van der Waals surface area contributed by atoms with E-state index in [9.17, 15) is 18.7 Å². The standard InChI is InChI=1S/C31H27F2N5O4/c32-23-7-8-25(37-30(23)42-17-21-6-3-19(15-34)13-24(21)33)20-4-1-18(2-5-20)14-28-35-26-9-10-27(31(39)40)36-29(26)38(28)16-22-11-12-41-22/h3-4,6-10,13,18,22H,1-2,5,11-12,14,16-17H2,(H,39,40)/t18?,22-/m0/s1. The highest BCUT2D eigenvalue weighted by Gasteiger charge is 2.25. The number of allylic oxidation sites excluding steroid dienone is 2. The summed E-state index contributed by atoms with van der Waals surface area (Å²) >= 11 is 0. The summed E-state index contributed by atoms with van der Waals surface area (Å²) in [6.45, 7) is 1.07. The van der Waals surface area contributed by atoms with E-state index in [-0.39, 0.29) is 35.4 Å². The summed E-state index contributed by atoms with van der Waals surface area (Å²) in [7, 11) is 0. The summed E-state index contributed by atoms with van der Waals surface area (Å²) in [5, 5.41) is 18.3. The fraction of sp³-hybridized carbons (Fsp3) is 0.323. The van der Waals surface area contributed by atoms with Crippen molar-refractivity contribution in [3.8, 4) is 11.9 Å². The van der Waals surface area contributed by atoms with Crippen LogP contribution < -0.4 is 4.74 Å². The quantitative estimate of drug-likeness (QED) is 0.281. The molecule has 4 aromatic rings. The number of halogens is 2. The molecule has 0 spiro atoms. The number of carboxylic acid groups (broad SMARTS) is 1. The zero-order chi connectivity index (χ0) is 29.2. The Labute approximate surface area is 240 Å². The van der Waals surface area contributed by atoms with Crippen molar-refractivity contribution in [1.29, 1.82) is 5.26 Å². The Kier molecular flexibility index (Phi) is 7.63. The molecular weight excluding hydrogens is 544 g/mol. The number of hydrogen-bond donors (Lipinski definition) is 1. The fourth-order valence-corrected chi connectivity index (χ4v) is 5.30. The minimum Gasteiger partial charge on any atom is -0.477 e. The molecule has 42 heavy (non-hydrogen) atoms. The van der Waals surface area contributed by atoms with E-state index in [1.807, 2.05) is 10.6 Å². The SMILES string of the molecule is N#Cc1ccc(COc2nc(C3=CCC(Cc4nc5ccc(C(=O)O)nc5n4C[C@@H]4CCO4)CC3)ccc2F)c(F)c1. The summed E-state index contributed by atoms with van der Waals surface area (Å²) in [6.07, 6.45) is 6.13. The second kappa shape index (κ2) is 11.7. The molecule has 0 bridgehead atoms. The molecule has 1 fully saturated rings. The van der Waals surface area contributed by atoms with Gasteiger partial charge in [0.15, 0.2) is 17.2 Å². The largest absolute Gasteiger partial charge is 0.477 e. The zero-order valence-electron chi connectivity index (χ0n) is 22.6. The monoisotopic (exact) mass is 571 g/mol. The third-order valence-corrected chi connectivity index (χ3v) is 7.75. The normalized spacial score (nSPS) is 18.3. The van der Waals surface area contributed by atoms with Crippen LogP contribution in [-0.4, -0.2) is 43.3 Å². The van der Waals surface area contributed by atoms with Gasteiger partial charge in [-0.05, 0) is 73.6 Å². The number of fused-ring (bicyclic) bond motifs is 1. The van der Waals surface area contributed by atoms with E-state index in [4.69, 9.17) is 19.7 Å². The predicted octanol–water partition coefficient (Wildman–Crippen LogP) is 5.47. The third-order valence-electron chi connectivity index (χ3n) is 7.75. The number of ether oxygens (including phenoxy) is 2. The van der Waals surface area contributed by atoms with Crippen LogP contribution in [0.25, 0.3) is 16.7 Å². The lowest BCUT2D eigenvalue weighted by Crippen LogP contribution is -2.32. The van der Waals surface area contributed by atoms with E-state index in [0.717, 1.165) is 43.1 Å². The molecule has 9 nitrogen and oxygen atoms in total. The summed E-state index contributed by atoms with van der Waals surface area (Å²) in [4.78, 5) is 25.0. The lowest BCUT2D eigenvalue weighted by atomic mass is 9.86. The lowest BCUT2D eigenvalue weighted by Gasteiger charge is -2.28. The average Bonchev–Trinajstić information content (AvgIpc) is 3.31. The summed E-state index contributed by atoms with van der Waals surface area (Å²) in [5.74, 6) is -1.39. The van der Waals surface area contributed by atoms with Gasteiger partial charge in [0, 0.05) is 18.6 Å². The number of aromatic carboxylic acids is 1. The molecule has 214 valence electrons. The number of rotatable bonds is 9. The van der Waals surface area contributed by atoms with Crippen molar-refractivity contribution >= 4 is 22.7 Å². The maximum atomic E-state index is 14.5. The van der Waals surface area contributed by atoms with E-state index >= 15 is 0 Å². The molecule has 1 N–H and O–H groups in total. The molecule has 6 rings (SSSR count). The number of aromatic nitrogens is 4. The first-order valence-corrected chi connectivity index (χ1v) is 13.8. The van der Waals surface area contributed by atoms with Gasteiger partial charge in [0.2, 0.25) is 0 Å². The molecule has 0 saturated carbocycles. The van der Waals surface area contributed by atoms with Crippen molar-refractivity contribution in [3.63, 3.8) is 0 Å². The highest BCUT2D eigenvalue weighted by molar-refractivity contribution is 5.88. The summed E-state index contributed by atoms with van der Waals surface area (Å²) in [5.41, 5.74) is 3.16. The van der Waals surface area contributed by atoms with Gasteiger partial charge in [-0.25, -0.2) is 28.5 Å². The molecule has 1 aromatic carbocycles. The van der Waals surface area contributed by atoms with Crippen LogP contribution in [0.5, 0.6) is 5.88 Å². The van der Waals surface area contributed by atoms with Crippen molar-refractivity contribution in [2.75, 3.05) is 6.61 Å². The zero-order valence-corrected chi connectivity index (χ0v) is 22.6. The van der Waals surface area contributed by atoms with Crippen LogP contribution in [0, 0.1) is 28.9 Å². The van der Waals surface area contributed by atoms with Crippen molar-refractivity contribution in [3.05, 3.63) is 88.5 Å². The molecule has 1 saturated heterocycles. The van der Waals surface area contributed by atoms with Crippen molar-refractivity contribution in [1.82, 2.24) is 19.5 Å². The molecular formula is C31H27F2N5O4. The molecule has 11 heteroatoms.